The van der Waals surface area contributed by atoms with Crippen LogP contribution in [0.25, 0.3) is 10.9 Å². The Labute approximate surface area is 191 Å². The highest BCUT2D eigenvalue weighted by Gasteiger charge is 2.33. The van der Waals surface area contributed by atoms with Gasteiger partial charge in [0, 0.05) is 46.7 Å². The van der Waals surface area contributed by atoms with Crippen molar-refractivity contribution in [3.8, 4) is 0 Å². The number of rotatable bonds is 5. The van der Waals surface area contributed by atoms with Crippen molar-refractivity contribution in [1.29, 1.82) is 5.41 Å². The highest BCUT2D eigenvalue weighted by Crippen LogP contribution is 2.27. The number of hydrogen-bond acceptors (Lipinski definition) is 7. The molecule has 1 amide bonds. The van der Waals surface area contributed by atoms with E-state index in [4.69, 9.17) is 10.1 Å². The molecule has 180 valence electrons. The maximum absolute atomic E-state index is 13.0. The van der Waals surface area contributed by atoms with Crippen molar-refractivity contribution in [1.82, 2.24) is 14.9 Å². The Kier molecular flexibility index (Phi) is 6.30. The van der Waals surface area contributed by atoms with Gasteiger partial charge in [0.05, 0.1) is 18.9 Å². The highest BCUT2D eigenvalue weighted by molar-refractivity contribution is 6.20. The molecule has 0 bridgehead atoms. The number of aromatic amines is 1. The van der Waals surface area contributed by atoms with Crippen LogP contribution >= 0.6 is 0 Å². The zero-order valence-corrected chi connectivity index (χ0v) is 17.8. The minimum Gasteiger partial charge on any atom is -0.376 e. The van der Waals surface area contributed by atoms with Crippen molar-refractivity contribution in [3.63, 3.8) is 0 Å². The summed E-state index contributed by atoms with van der Waals surface area (Å²) in [5.41, 5.74) is 0.896. The molecule has 0 spiro atoms. The predicted octanol–water partition coefficient (Wildman–Crippen LogP) is 2.11. The number of H-pyrrole nitrogens is 1. The van der Waals surface area contributed by atoms with Crippen molar-refractivity contribution in [2.75, 3.05) is 38.2 Å². The second-order valence-corrected chi connectivity index (χ2v) is 7.97. The molecule has 2 aromatic heterocycles. The monoisotopic (exact) mass is 477 g/mol. The van der Waals surface area contributed by atoms with Gasteiger partial charge in [0.1, 0.15) is 18.8 Å². The maximum Gasteiger partial charge on any atom is 0.405 e. The average Bonchev–Trinajstić information content (AvgIpc) is 3.13. The molecule has 4 rings (SSSR count). The summed E-state index contributed by atoms with van der Waals surface area (Å²) in [6.45, 7) is -2.12. The van der Waals surface area contributed by atoms with Crippen molar-refractivity contribution in [3.05, 3.63) is 59.5 Å². The van der Waals surface area contributed by atoms with Crippen molar-refractivity contribution >= 4 is 28.2 Å². The zero-order valence-electron chi connectivity index (χ0n) is 17.8. The minimum absolute atomic E-state index is 0.0433. The molecule has 0 aliphatic carbocycles. The highest BCUT2D eigenvalue weighted by atomic mass is 19.4. The number of aromatic nitrogens is 2. The Balaban J connectivity index is 1.69. The van der Waals surface area contributed by atoms with Crippen LogP contribution in [0.15, 0.2) is 42.7 Å². The lowest BCUT2D eigenvalue weighted by Gasteiger charge is -2.26. The van der Waals surface area contributed by atoms with Crippen LogP contribution in [-0.4, -0.2) is 81.5 Å². The molecule has 0 atom stereocenters. The number of amides is 1. The van der Waals surface area contributed by atoms with E-state index in [2.05, 4.69) is 15.3 Å². The molecule has 0 unspecified atom stereocenters. The topological polar surface area (TPSA) is 135 Å². The number of hydrogen-bond donors (Lipinski definition) is 5. The van der Waals surface area contributed by atoms with Crippen molar-refractivity contribution in [2.24, 2.45) is 0 Å². The third-order valence-electron chi connectivity index (χ3n) is 5.30. The molecular formula is C22H22F3N5O4. The van der Waals surface area contributed by atoms with E-state index in [1.165, 1.54) is 0 Å². The van der Waals surface area contributed by atoms with Crippen LogP contribution in [0.1, 0.15) is 21.6 Å². The van der Waals surface area contributed by atoms with Crippen LogP contribution < -0.4 is 5.32 Å². The Morgan fingerprint density at radius 1 is 1.29 bits per heavy atom. The number of benzene rings is 1. The van der Waals surface area contributed by atoms with Crippen LogP contribution in [0.2, 0.25) is 0 Å². The van der Waals surface area contributed by atoms with E-state index < -0.39 is 31.0 Å². The molecule has 0 radical (unpaired) electrons. The first-order valence-electron chi connectivity index (χ1n) is 10.3. The Hall–Kier alpha value is -3.48. The Morgan fingerprint density at radius 2 is 2.06 bits per heavy atom. The van der Waals surface area contributed by atoms with Crippen LogP contribution in [0.3, 0.4) is 0 Å². The fourth-order valence-corrected chi connectivity index (χ4v) is 3.71. The van der Waals surface area contributed by atoms with Gasteiger partial charge in [-0.2, -0.15) is 13.2 Å². The number of halogens is 3. The molecule has 34 heavy (non-hydrogen) atoms. The number of β-amino-alcohol motifs (C(OH)–C–C–N with tert-alkyl or cyclic N) is 2. The first-order chi connectivity index (χ1) is 16.0. The number of pyridine rings is 1. The van der Waals surface area contributed by atoms with Crippen LogP contribution in [-0.2, 0) is 4.74 Å². The molecule has 1 fully saturated rings. The second-order valence-electron chi connectivity index (χ2n) is 7.97. The average molecular weight is 477 g/mol. The summed E-state index contributed by atoms with van der Waals surface area (Å²) >= 11 is 0. The van der Waals surface area contributed by atoms with Gasteiger partial charge in [-0.3, -0.25) is 15.2 Å². The molecule has 1 aliphatic heterocycles. The van der Waals surface area contributed by atoms with Gasteiger partial charge < -0.3 is 30.2 Å². The summed E-state index contributed by atoms with van der Waals surface area (Å²) in [7, 11) is 0. The normalized spacial score (nSPS) is 16.3. The number of anilines is 1. The number of carbonyl (C=O) groups is 1. The molecule has 9 nitrogen and oxygen atoms in total. The van der Waals surface area contributed by atoms with Gasteiger partial charge in [-0.15, -0.1) is 0 Å². The van der Waals surface area contributed by atoms with Gasteiger partial charge in [0.15, 0.2) is 0 Å². The summed E-state index contributed by atoms with van der Waals surface area (Å²) in [6, 6.07) is 8.31. The van der Waals surface area contributed by atoms with Crippen LogP contribution in [0, 0.1) is 5.41 Å². The largest absolute Gasteiger partial charge is 0.405 e. The molecule has 0 saturated carbocycles. The van der Waals surface area contributed by atoms with Crippen molar-refractivity contribution < 1.29 is 32.9 Å². The van der Waals surface area contributed by atoms with Crippen molar-refractivity contribution in [2.45, 2.75) is 12.0 Å². The SMILES string of the molecule is N=C(c1cnc(C(=O)N2CCOCC(O)(O)C2)cc1NCC(F)(F)F)c1c[nH]c2ccccc12. The summed E-state index contributed by atoms with van der Waals surface area (Å²) in [4.78, 5) is 21.2. The van der Waals surface area contributed by atoms with Gasteiger partial charge in [-0.1, -0.05) is 18.2 Å². The molecule has 1 aromatic carbocycles. The van der Waals surface area contributed by atoms with Gasteiger partial charge in [-0.25, -0.2) is 0 Å². The van der Waals surface area contributed by atoms with Gasteiger partial charge in [0.25, 0.3) is 5.91 Å². The molecule has 5 N–H and O–H groups in total. The van der Waals surface area contributed by atoms with E-state index in [0.717, 1.165) is 22.7 Å². The van der Waals surface area contributed by atoms with E-state index in [9.17, 15) is 28.2 Å². The smallest absolute Gasteiger partial charge is 0.376 e. The molecule has 3 heterocycles. The molecule has 12 heteroatoms. The second kappa shape index (κ2) is 9.05. The Morgan fingerprint density at radius 3 is 2.82 bits per heavy atom. The number of alkyl halides is 3. The number of nitrogens with one attached hydrogen (secondary N) is 3. The predicted molar refractivity (Wildman–Crippen MR) is 117 cm³/mol. The molecule has 3 aromatic rings. The van der Waals surface area contributed by atoms with E-state index in [0.29, 0.717) is 10.9 Å². The maximum atomic E-state index is 13.0. The number of para-hydroxylation sites is 1. The summed E-state index contributed by atoms with van der Waals surface area (Å²) in [6.07, 6.45) is -1.79. The van der Waals surface area contributed by atoms with E-state index in [1.54, 1.807) is 18.3 Å². The minimum atomic E-state index is -4.54. The summed E-state index contributed by atoms with van der Waals surface area (Å²) < 4.78 is 43.9. The number of fused-ring (bicyclic) bond motifs is 1. The first kappa shape index (κ1) is 23.7. The lowest BCUT2D eigenvalue weighted by molar-refractivity contribution is -0.191. The zero-order chi connectivity index (χ0) is 24.5. The fourth-order valence-electron chi connectivity index (χ4n) is 3.71. The quantitative estimate of drug-likeness (QED) is 0.282. The fraction of sp³-hybridized carbons (Fsp3) is 0.318. The molecule has 1 saturated heterocycles. The van der Waals surface area contributed by atoms with E-state index in [-0.39, 0.29) is 42.4 Å². The van der Waals surface area contributed by atoms with Gasteiger partial charge in [0.2, 0.25) is 5.79 Å². The number of ether oxygens (including phenoxy) is 1. The van der Waals surface area contributed by atoms with Gasteiger partial charge >= 0.3 is 6.18 Å². The number of carbonyl (C=O) groups excluding carboxylic acids is 1. The number of nitrogens with zero attached hydrogens (tertiary/aromatic N) is 2. The lowest BCUT2D eigenvalue weighted by Crippen LogP contribution is -2.46. The Bertz CT molecular complexity index is 1220. The van der Waals surface area contributed by atoms with E-state index in [1.807, 2.05) is 12.1 Å². The third kappa shape index (κ3) is 5.19. The number of aliphatic hydroxyl groups is 2. The first-order valence-corrected chi connectivity index (χ1v) is 10.3. The lowest BCUT2D eigenvalue weighted by atomic mass is 10.0. The molecular weight excluding hydrogens is 455 g/mol. The van der Waals surface area contributed by atoms with Crippen LogP contribution in [0.4, 0.5) is 18.9 Å². The van der Waals surface area contributed by atoms with E-state index >= 15 is 0 Å². The standard InChI is InChI=1S/C22H22F3N5O4/c23-22(24,25)10-29-17-7-18(20(31)30-5-6-34-12-21(32,33)11-30)28-9-15(17)19(26)14-8-27-16-4-2-1-3-13(14)16/h1-4,7-9,26-27,32-33H,5-6,10-12H2,(H,28,29). The summed E-state index contributed by atoms with van der Waals surface area (Å²) in [5.74, 6) is -2.97. The third-order valence-corrected chi connectivity index (χ3v) is 5.30. The van der Waals surface area contributed by atoms with Crippen LogP contribution in [0.5, 0.6) is 0 Å². The van der Waals surface area contributed by atoms with Gasteiger partial charge in [-0.05, 0) is 12.1 Å². The summed E-state index contributed by atoms with van der Waals surface area (Å²) in [5, 5.41) is 31.4. The molecule has 1 aliphatic rings.